The Morgan fingerprint density at radius 2 is 1.67 bits per heavy atom. The van der Waals surface area contributed by atoms with Gasteiger partial charge in [-0.15, -0.1) is 0 Å². The molecule has 128 valence electrons. The van der Waals surface area contributed by atoms with E-state index in [4.69, 9.17) is 5.21 Å². The Kier molecular flexibility index (Phi) is 6.51. The van der Waals surface area contributed by atoms with E-state index in [-0.39, 0.29) is 17.4 Å². The van der Waals surface area contributed by atoms with Crippen LogP contribution < -0.4 is 16.4 Å². The fourth-order valence-corrected chi connectivity index (χ4v) is 2.44. The number of benzene rings is 1. The molecule has 1 aromatic carbocycles. The Labute approximate surface area is 139 Å². The number of carbonyl (C=O) groups excluding carboxylic acids is 2. The van der Waals surface area contributed by atoms with Crippen molar-refractivity contribution in [3.05, 3.63) is 40.7 Å². The maximum Gasteiger partial charge on any atom is 0.248 e. The third-order valence-electron chi connectivity index (χ3n) is 3.69. The third-order valence-corrected chi connectivity index (χ3v) is 3.69. The molecule has 2 rings (SSSR count). The van der Waals surface area contributed by atoms with E-state index in [0.29, 0.717) is 24.9 Å². The molecule has 0 unspecified atom stereocenters. The van der Waals surface area contributed by atoms with Crippen LogP contribution in [-0.2, 0) is 9.59 Å². The second-order valence-corrected chi connectivity index (χ2v) is 5.62. The van der Waals surface area contributed by atoms with Gasteiger partial charge in [-0.3, -0.25) is 19.6 Å². The van der Waals surface area contributed by atoms with Crippen LogP contribution in [0.5, 0.6) is 0 Å². The minimum Gasteiger partial charge on any atom is -0.326 e. The zero-order chi connectivity index (χ0) is 17.4. The number of hydrogen-bond donors (Lipinski definition) is 4. The molecule has 0 aliphatic heterocycles. The average Bonchev–Trinajstić information content (AvgIpc) is 2.57. The summed E-state index contributed by atoms with van der Waals surface area (Å²) in [6.07, 6.45) is 3.83. The van der Waals surface area contributed by atoms with E-state index in [9.17, 15) is 14.4 Å². The molecule has 0 radical (unpaired) electrons. The molecule has 0 aliphatic rings. The zero-order valence-corrected chi connectivity index (χ0v) is 13.3. The van der Waals surface area contributed by atoms with Crippen LogP contribution in [-0.4, -0.2) is 22.0 Å². The van der Waals surface area contributed by atoms with Gasteiger partial charge in [0, 0.05) is 35.5 Å². The first-order valence-corrected chi connectivity index (χ1v) is 7.94. The fourth-order valence-electron chi connectivity index (χ4n) is 2.44. The highest BCUT2D eigenvalue weighted by atomic mass is 16.5. The average molecular weight is 331 g/mol. The molecule has 0 atom stereocenters. The SMILES string of the molecule is O=C(CCCCCCC(=O)Nc1ccc2[nH]c(=O)ccc2c1)NO. The number of carbonyl (C=O) groups is 2. The predicted octanol–water partition coefficient (Wildman–Crippen LogP) is 2.31. The highest BCUT2D eigenvalue weighted by molar-refractivity contribution is 5.93. The number of amides is 2. The molecular weight excluding hydrogens is 310 g/mol. The molecular formula is C17H21N3O4. The van der Waals surface area contributed by atoms with Crippen LogP contribution in [0.1, 0.15) is 38.5 Å². The number of aromatic nitrogens is 1. The van der Waals surface area contributed by atoms with Gasteiger partial charge in [0.1, 0.15) is 0 Å². The number of pyridine rings is 1. The summed E-state index contributed by atoms with van der Waals surface area (Å²) in [7, 11) is 0. The number of fused-ring (bicyclic) bond motifs is 1. The largest absolute Gasteiger partial charge is 0.326 e. The van der Waals surface area contributed by atoms with E-state index in [1.54, 1.807) is 23.7 Å². The lowest BCUT2D eigenvalue weighted by Gasteiger charge is -2.06. The van der Waals surface area contributed by atoms with Gasteiger partial charge in [0.25, 0.3) is 0 Å². The predicted molar refractivity (Wildman–Crippen MR) is 90.8 cm³/mol. The van der Waals surface area contributed by atoms with E-state index in [2.05, 4.69) is 10.3 Å². The van der Waals surface area contributed by atoms with Gasteiger partial charge in [-0.05, 0) is 37.1 Å². The lowest BCUT2D eigenvalue weighted by Crippen LogP contribution is -2.17. The van der Waals surface area contributed by atoms with Crippen molar-refractivity contribution in [3.63, 3.8) is 0 Å². The molecule has 4 N–H and O–H groups in total. The molecule has 1 heterocycles. The van der Waals surface area contributed by atoms with Crippen molar-refractivity contribution in [2.75, 3.05) is 5.32 Å². The number of hydroxylamine groups is 1. The van der Waals surface area contributed by atoms with Crippen LogP contribution >= 0.6 is 0 Å². The molecule has 0 spiro atoms. The second-order valence-electron chi connectivity index (χ2n) is 5.62. The number of H-pyrrole nitrogens is 1. The minimum atomic E-state index is -0.384. The van der Waals surface area contributed by atoms with Crippen molar-refractivity contribution >= 4 is 28.4 Å². The Hall–Kier alpha value is -2.67. The minimum absolute atomic E-state index is 0.0631. The van der Waals surface area contributed by atoms with Crippen molar-refractivity contribution in [1.29, 1.82) is 0 Å². The Morgan fingerprint density at radius 3 is 2.38 bits per heavy atom. The Morgan fingerprint density at radius 1 is 0.958 bits per heavy atom. The van der Waals surface area contributed by atoms with E-state index in [1.165, 1.54) is 6.07 Å². The monoisotopic (exact) mass is 331 g/mol. The fraction of sp³-hybridized carbons (Fsp3) is 0.353. The van der Waals surface area contributed by atoms with Crippen molar-refractivity contribution < 1.29 is 14.8 Å². The van der Waals surface area contributed by atoms with Crippen molar-refractivity contribution in [1.82, 2.24) is 10.5 Å². The van der Waals surface area contributed by atoms with Gasteiger partial charge in [-0.2, -0.15) is 0 Å². The lowest BCUT2D eigenvalue weighted by molar-refractivity contribution is -0.129. The molecule has 0 aliphatic carbocycles. The quantitative estimate of drug-likeness (QED) is 0.338. The maximum absolute atomic E-state index is 11.9. The van der Waals surface area contributed by atoms with Crippen molar-refractivity contribution in [2.24, 2.45) is 0 Å². The molecule has 1 aromatic heterocycles. The highest BCUT2D eigenvalue weighted by Gasteiger charge is 2.04. The normalized spacial score (nSPS) is 10.5. The lowest BCUT2D eigenvalue weighted by atomic mass is 10.1. The van der Waals surface area contributed by atoms with Gasteiger partial charge in [-0.1, -0.05) is 12.8 Å². The first-order valence-electron chi connectivity index (χ1n) is 7.94. The van der Waals surface area contributed by atoms with Gasteiger partial charge < -0.3 is 10.3 Å². The van der Waals surface area contributed by atoms with Gasteiger partial charge in [0.05, 0.1) is 0 Å². The molecule has 0 fully saturated rings. The number of unbranched alkanes of at least 4 members (excludes halogenated alkanes) is 3. The van der Waals surface area contributed by atoms with Gasteiger partial charge in [0.15, 0.2) is 0 Å². The standard InChI is InChI=1S/C17H21N3O4/c21-15(5-3-1-2-4-6-17(23)20-24)18-13-8-9-14-12(11-13)7-10-16(22)19-14/h7-11,24H,1-6H2,(H,18,21)(H,19,22)(H,20,23). The van der Waals surface area contributed by atoms with Gasteiger partial charge >= 0.3 is 0 Å². The van der Waals surface area contributed by atoms with Crippen molar-refractivity contribution in [3.8, 4) is 0 Å². The summed E-state index contributed by atoms with van der Waals surface area (Å²) in [5.74, 6) is -0.447. The van der Waals surface area contributed by atoms with Crippen LogP contribution in [0, 0.1) is 0 Å². The summed E-state index contributed by atoms with van der Waals surface area (Å²) < 4.78 is 0. The van der Waals surface area contributed by atoms with Crippen molar-refractivity contribution in [2.45, 2.75) is 38.5 Å². The van der Waals surface area contributed by atoms with E-state index >= 15 is 0 Å². The molecule has 2 amide bonds. The zero-order valence-electron chi connectivity index (χ0n) is 13.3. The van der Waals surface area contributed by atoms with Crippen LogP contribution in [0.2, 0.25) is 0 Å². The summed E-state index contributed by atoms with van der Waals surface area (Å²) in [6, 6.07) is 8.50. The van der Waals surface area contributed by atoms with E-state index in [0.717, 1.165) is 30.2 Å². The molecule has 0 saturated carbocycles. The number of aromatic amines is 1. The van der Waals surface area contributed by atoms with Gasteiger partial charge in [0.2, 0.25) is 17.4 Å². The molecule has 0 bridgehead atoms. The summed E-state index contributed by atoms with van der Waals surface area (Å²) in [4.78, 5) is 36.7. The first kappa shape index (κ1) is 17.7. The summed E-state index contributed by atoms with van der Waals surface area (Å²) in [5, 5.41) is 12.1. The highest BCUT2D eigenvalue weighted by Crippen LogP contribution is 2.16. The van der Waals surface area contributed by atoms with Gasteiger partial charge in [-0.25, -0.2) is 5.48 Å². The maximum atomic E-state index is 11.9. The third kappa shape index (κ3) is 5.51. The number of rotatable bonds is 8. The van der Waals surface area contributed by atoms with Crippen LogP contribution in [0.15, 0.2) is 35.1 Å². The van der Waals surface area contributed by atoms with E-state index < -0.39 is 0 Å². The van der Waals surface area contributed by atoms with E-state index in [1.807, 2.05) is 6.07 Å². The molecule has 7 nitrogen and oxygen atoms in total. The molecule has 0 saturated heterocycles. The van der Waals surface area contributed by atoms with Crippen LogP contribution in [0.25, 0.3) is 10.9 Å². The van der Waals surface area contributed by atoms with Crippen LogP contribution in [0.4, 0.5) is 5.69 Å². The van der Waals surface area contributed by atoms with Crippen LogP contribution in [0.3, 0.4) is 0 Å². The molecule has 2 aromatic rings. The summed E-state index contributed by atoms with van der Waals surface area (Å²) in [6.45, 7) is 0. The number of nitrogens with one attached hydrogen (secondary N) is 3. The number of anilines is 1. The molecule has 24 heavy (non-hydrogen) atoms. The Balaban J connectivity index is 1.73. The summed E-state index contributed by atoms with van der Waals surface area (Å²) >= 11 is 0. The summed E-state index contributed by atoms with van der Waals surface area (Å²) in [5.41, 5.74) is 2.86. The second kappa shape index (κ2) is 8.83. The molecule has 7 heteroatoms. The number of hydrogen-bond acceptors (Lipinski definition) is 4. The Bertz CT molecular complexity index is 770. The smallest absolute Gasteiger partial charge is 0.248 e. The first-order chi connectivity index (χ1) is 11.6. The topological polar surface area (TPSA) is 111 Å².